The molecule has 8 nitrogen and oxygen atoms in total. The maximum absolute atomic E-state index is 12.4. The molecule has 0 bridgehead atoms. The van der Waals surface area contributed by atoms with E-state index in [4.69, 9.17) is 4.74 Å². The van der Waals surface area contributed by atoms with Crippen LogP contribution in [-0.4, -0.2) is 44.0 Å². The molecule has 3 aromatic heterocycles. The fourth-order valence-electron chi connectivity index (χ4n) is 2.98. The zero-order valence-corrected chi connectivity index (χ0v) is 14.2. The van der Waals surface area contributed by atoms with Crippen molar-refractivity contribution < 1.29 is 4.74 Å². The molecule has 1 aliphatic rings. The van der Waals surface area contributed by atoms with Crippen molar-refractivity contribution in [1.29, 1.82) is 0 Å². The number of hydrogen-bond donors (Lipinski definition) is 1. The standard InChI is InChI=1S/C18H18N6O2/c1-12-8-20-9-17(21-12)22-15-10-26-11-16(15)24-18(25)3-2-14(23-24)13-4-6-19-7-5-13/h2-9,15-16H,10-11H2,1H3,(H,21,22). The molecule has 132 valence electrons. The first-order chi connectivity index (χ1) is 12.7. The van der Waals surface area contributed by atoms with Gasteiger partial charge >= 0.3 is 0 Å². The Morgan fingerprint density at radius 1 is 1.12 bits per heavy atom. The summed E-state index contributed by atoms with van der Waals surface area (Å²) in [6.07, 6.45) is 6.75. The van der Waals surface area contributed by atoms with Crippen LogP contribution >= 0.6 is 0 Å². The average Bonchev–Trinajstić information content (AvgIpc) is 3.11. The van der Waals surface area contributed by atoms with E-state index in [-0.39, 0.29) is 17.6 Å². The fraction of sp³-hybridized carbons (Fsp3) is 0.278. The number of aryl methyl sites for hydroxylation is 1. The monoisotopic (exact) mass is 350 g/mol. The maximum Gasteiger partial charge on any atom is 0.267 e. The molecule has 1 fully saturated rings. The Morgan fingerprint density at radius 3 is 2.77 bits per heavy atom. The summed E-state index contributed by atoms with van der Waals surface area (Å²) in [6, 6.07) is 6.62. The molecule has 2 atom stereocenters. The highest BCUT2D eigenvalue weighted by atomic mass is 16.5. The van der Waals surface area contributed by atoms with E-state index >= 15 is 0 Å². The van der Waals surface area contributed by atoms with E-state index in [0.29, 0.717) is 24.7 Å². The molecule has 0 amide bonds. The van der Waals surface area contributed by atoms with E-state index < -0.39 is 0 Å². The molecular weight excluding hydrogens is 332 g/mol. The highest BCUT2D eigenvalue weighted by Crippen LogP contribution is 2.22. The van der Waals surface area contributed by atoms with E-state index in [0.717, 1.165) is 11.3 Å². The zero-order valence-electron chi connectivity index (χ0n) is 14.2. The predicted octanol–water partition coefficient (Wildman–Crippen LogP) is 1.46. The third-order valence-corrected chi connectivity index (χ3v) is 4.25. The molecule has 0 aromatic carbocycles. The van der Waals surface area contributed by atoms with Gasteiger partial charge in [0.05, 0.1) is 36.8 Å². The van der Waals surface area contributed by atoms with Gasteiger partial charge in [-0.05, 0) is 25.1 Å². The van der Waals surface area contributed by atoms with Crippen molar-refractivity contribution in [2.24, 2.45) is 0 Å². The van der Waals surface area contributed by atoms with Crippen LogP contribution in [0.4, 0.5) is 5.82 Å². The van der Waals surface area contributed by atoms with Crippen molar-refractivity contribution in [3.8, 4) is 11.3 Å². The third-order valence-electron chi connectivity index (χ3n) is 4.25. The SMILES string of the molecule is Cc1cncc(NC2COCC2n2nc(-c3ccncc3)ccc2=O)n1. The summed E-state index contributed by atoms with van der Waals surface area (Å²) in [4.78, 5) is 25.0. The Bertz CT molecular complexity index is 959. The molecule has 2 unspecified atom stereocenters. The minimum atomic E-state index is -0.230. The lowest BCUT2D eigenvalue weighted by Crippen LogP contribution is -2.37. The molecule has 3 aromatic rings. The molecule has 4 rings (SSSR count). The zero-order chi connectivity index (χ0) is 17.9. The summed E-state index contributed by atoms with van der Waals surface area (Å²) in [5, 5.41) is 7.86. The van der Waals surface area contributed by atoms with Gasteiger partial charge in [0, 0.05) is 30.2 Å². The molecule has 0 spiro atoms. The van der Waals surface area contributed by atoms with E-state index in [1.807, 2.05) is 19.1 Å². The lowest BCUT2D eigenvalue weighted by atomic mass is 10.1. The van der Waals surface area contributed by atoms with E-state index in [2.05, 4.69) is 25.4 Å². The summed E-state index contributed by atoms with van der Waals surface area (Å²) in [5.41, 5.74) is 2.27. The molecule has 1 aliphatic heterocycles. The van der Waals surface area contributed by atoms with Crippen molar-refractivity contribution in [3.63, 3.8) is 0 Å². The van der Waals surface area contributed by atoms with Crippen molar-refractivity contribution in [2.75, 3.05) is 18.5 Å². The van der Waals surface area contributed by atoms with E-state index in [1.165, 1.54) is 10.7 Å². The normalized spacial score (nSPS) is 19.4. The van der Waals surface area contributed by atoms with Gasteiger partial charge in [-0.1, -0.05) is 0 Å². The smallest absolute Gasteiger partial charge is 0.267 e. The quantitative estimate of drug-likeness (QED) is 0.761. The molecule has 0 saturated carbocycles. The second-order valence-electron chi connectivity index (χ2n) is 6.14. The van der Waals surface area contributed by atoms with Crippen LogP contribution in [0.1, 0.15) is 11.7 Å². The van der Waals surface area contributed by atoms with Gasteiger partial charge in [0.1, 0.15) is 11.9 Å². The number of pyridine rings is 1. The summed E-state index contributed by atoms with van der Waals surface area (Å²) in [7, 11) is 0. The van der Waals surface area contributed by atoms with Gasteiger partial charge in [-0.15, -0.1) is 0 Å². The maximum atomic E-state index is 12.4. The van der Waals surface area contributed by atoms with Gasteiger partial charge in [0.25, 0.3) is 5.56 Å². The lowest BCUT2D eigenvalue weighted by Gasteiger charge is -2.21. The number of ether oxygens (including phenoxy) is 1. The van der Waals surface area contributed by atoms with Gasteiger partial charge in [-0.25, -0.2) is 9.67 Å². The van der Waals surface area contributed by atoms with E-state index in [9.17, 15) is 4.79 Å². The largest absolute Gasteiger partial charge is 0.377 e. The highest BCUT2D eigenvalue weighted by molar-refractivity contribution is 5.57. The van der Waals surface area contributed by atoms with Crippen LogP contribution in [-0.2, 0) is 4.74 Å². The minimum Gasteiger partial charge on any atom is -0.377 e. The lowest BCUT2D eigenvalue weighted by molar-refractivity contribution is 0.183. The molecule has 4 heterocycles. The molecule has 26 heavy (non-hydrogen) atoms. The van der Waals surface area contributed by atoms with Crippen LogP contribution in [0.3, 0.4) is 0 Å². The Kier molecular flexibility index (Phi) is 4.40. The number of hydrogen-bond acceptors (Lipinski definition) is 7. The number of aromatic nitrogens is 5. The number of nitrogens with zero attached hydrogens (tertiary/aromatic N) is 5. The first-order valence-corrected chi connectivity index (χ1v) is 8.34. The van der Waals surface area contributed by atoms with Crippen LogP contribution < -0.4 is 10.9 Å². The second kappa shape index (κ2) is 7.01. The molecule has 1 N–H and O–H groups in total. The third kappa shape index (κ3) is 3.31. The number of rotatable bonds is 4. The Morgan fingerprint density at radius 2 is 1.96 bits per heavy atom. The van der Waals surface area contributed by atoms with Crippen molar-refractivity contribution in [1.82, 2.24) is 24.7 Å². The van der Waals surface area contributed by atoms with Gasteiger partial charge in [0.2, 0.25) is 0 Å². The number of anilines is 1. The molecule has 8 heteroatoms. The van der Waals surface area contributed by atoms with Crippen molar-refractivity contribution >= 4 is 5.82 Å². The molecule has 0 radical (unpaired) electrons. The molecule has 0 aliphatic carbocycles. The molecule has 1 saturated heterocycles. The summed E-state index contributed by atoms with van der Waals surface area (Å²) >= 11 is 0. The topological polar surface area (TPSA) is 94.8 Å². The number of nitrogens with one attached hydrogen (secondary N) is 1. The second-order valence-corrected chi connectivity index (χ2v) is 6.14. The first-order valence-electron chi connectivity index (χ1n) is 8.34. The summed E-state index contributed by atoms with van der Waals surface area (Å²) < 4.78 is 7.10. The highest BCUT2D eigenvalue weighted by Gasteiger charge is 2.31. The van der Waals surface area contributed by atoms with Gasteiger partial charge in [-0.3, -0.25) is 14.8 Å². The van der Waals surface area contributed by atoms with Crippen LogP contribution in [0.5, 0.6) is 0 Å². The van der Waals surface area contributed by atoms with Gasteiger partial charge < -0.3 is 10.1 Å². The van der Waals surface area contributed by atoms with Gasteiger partial charge in [0.15, 0.2) is 0 Å². The van der Waals surface area contributed by atoms with Crippen LogP contribution in [0.2, 0.25) is 0 Å². The van der Waals surface area contributed by atoms with Crippen molar-refractivity contribution in [2.45, 2.75) is 19.0 Å². The van der Waals surface area contributed by atoms with Crippen LogP contribution in [0, 0.1) is 6.92 Å². The summed E-state index contributed by atoms with van der Waals surface area (Å²) in [6.45, 7) is 2.75. The predicted molar refractivity (Wildman–Crippen MR) is 95.8 cm³/mol. The fourth-order valence-corrected chi connectivity index (χ4v) is 2.98. The summed E-state index contributed by atoms with van der Waals surface area (Å²) in [5.74, 6) is 0.656. The Balaban J connectivity index is 1.64. The first kappa shape index (κ1) is 16.3. The van der Waals surface area contributed by atoms with Crippen LogP contribution in [0.25, 0.3) is 11.3 Å². The average molecular weight is 350 g/mol. The van der Waals surface area contributed by atoms with E-state index in [1.54, 1.807) is 30.9 Å². The Labute approximate surface area is 149 Å². The van der Waals surface area contributed by atoms with Gasteiger partial charge in [-0.2, -0.15) is 5.10 Å². The minimum absolute atomic E-state index is 0.121. The van der Waals surface area contributed by atoms with Crippen LogP contribution in [0.15, 0.2) is 53.8 Å². The molecular formula is C18H18N6O2. The Hall–Kier alpha value is -3.13. The van der Waals surface area contributed by atoms with Crippen molar-refractivity contribution in [3.05, 3.63) is 65.1 Å².